The maximum atomic E-state index is 12.8. The third-order valence-corrected chi connectivity index (χ3v) is 4.93. The first-order chi connectivity index (χ1) is 11.7. The van der Waals surface area contributed by atoms with Crippen LogP contribution in [0.3, 0.4) is 0 Å². The molecule has 2 aliphatic rings. The van der Waals surface area contributed by atoms with Gasteiger partial charge in [0.25, 0.3) is 11.5 Å². The number of carbonyl (C=O) groups excluding carboxylic acids is 1. The highest BCUT2D eigenvalue weighted by atomic mass is 16.5. The lowest BCUT2D eigenvalue weighted by Gasteiger charge is -2.21. The fourth-order valence-electron chi connectivity index (χ4n) is 3.52. The summed E-state index contributed by atoms with van der Waals surface area (Å²) in [4.78, 5) is 26.7. The Morgan fingerprint density at radius 2 is 1.96 bits per heavy atom. The van der Waals surface area contributed by atoms with Crippen LogP contribution in [0.25, 0.3) is 5.69 Å². The Bertz CT molecular complexity index is 810. The third-order valence-electron chi connectivity index (χ3n) is 4.93. The normalized spacial score (nSPS) is 23.1. The number of carbonyl (C=O) groups is 1. The van der Waals surface area contributed by atoms with E-state index in [2.05, 4.69) is 5.10 Å². The second-order valence-corrected chi connectivity index (χ2v) is 6.58. The molecule has 0 saturated carbocycles. The molecule has 0 radical (unpaired) electrons. The molecule has 1 atom stereocenters. The number of benzene rings is 1. The molecule has 6 heteroatoms. The minimum absolute atomic E-state index is 0.115. The largest absolute Gasteiger partial charge is 0.381 e. The Balaban J connectivity index is 1.61. The minimum atomic E-state index is -0.250. The lowest BCUT2D eigenvalue weighted by atomic mass is 9.87. The molecule has 1 aromatic heterocycles. The maximum Gasteiger partial charge on any atom is 0.274 e. The van der Waals surface area contributed by atoms with E-state index >= 15 is 0 Å². The topological polar surface area (TPSA) is 64.4 Å². The first-order valence-corrected chi connectivity index (χ1v) is 8.20. The van der Waals surface area contributed by atoms with Crippen LogP contribution < -0.4 is 5.56 Å². The van der Waals surface area contributed by atoms with Crippen molar-refractivity contribution in [3.63, 3.8) is 0 Å². The van der Waals surface area contributed by atoms with E-state index in [1.54, 1.807) is 12.1 Å². The Kier molecular flexibility index (Phi) is 3.69. The van der Waals surface area contributed by atoms with Gasteiger partial charge in [0.2, 0.25) is 0 Å². The van der Waals surface area contributed by atoms with Crippen LogP contribution in [0.15, 0.2) is 47.3 Å². The predicted octanol–water partition coefficient (Wildman–Crippen LogP) is 1.49. The van der Waals surface area contributed by atoms with Gasteiger partial charge < -0.3 is 9.64 Å². The zero-order valence-corrected chi connectivity index (χ0v) is 13.4. The summed E-state index contributed by atoms with van der Waals surface area (Å²) in [6.07, 6.45) is 1.98. The predicted molar refractivity (Wildman–Crippen MR) is 88.2 cm³/mol. The van der Waals surface area contributed by atoms with Gasteiger partial charge in [0.1, 0.15) is 5.69 Å². The summed E-state index contributed by atoms with van der Waals surface area (Å²) < 4.78 is 6.79. The SMILES string of the molecule is O=C(c1ccc(=O)n(-c2ccccc2)n1)N1CC[C@@]2(CCOC2)C1. The zero-order valence-electron chi connectivity index (χ0n) is 13.4. The highest BCUT2D eigenvalue weighted by Crippen LogP contribution is 2.38. The van der Waals surface area contributed by atoms with Crippen molar-refractivity contribution in [2.24, 2.45) is 5.41 Å². The van der Waals surface area contributed by atoms with Gasteiger partial charge in [-0.25, -0.2) is 0 Å². The van der Waals surface area contributed by atoms with Crippen molar-refractivity contribution in [3.8, 4) is 5.69 Å². The summed E-state index contributed by atoms with van der Waals surface area (Å²) >= 11 is 0. The second kappa shape index (κ2) is 5.87. The van der Waals surface area contributed by atoms with E-state index in [1.165, 1.54) is 16.8 Å². The minimum Gasteiger partial charge on any atom is -0.381 e. The fourth-order valence-corrected chi connectivity index (χ4v) is 3.52. The number of amides is 1. The second-order valence-electron chi connectivity index (χ2n) is 6.58. The van der Waals surface area contributed by atoms with Gasteiger partial charge in [-0.05, 0) is 31.0 Å². The van der Waals surface area contributed by atoms with Gasteiger partial charge in [-0.15, -0.1) is 0 Å². The van der Waals surface area contributed by atoms with Crippen LogP contribution >= 0.6 is 0 Å². The Labute approximate surface area is 139 Å². The summed E-state index contributed by atoms with van der Waals surface area (Å²) in [6.45, 7) is 2.93. The number of likely N-dealkylation sites (tertiary alicyclic amines) is 1. The first-order valence-electron chi connectivity index (χ1n) is 8.20. The molecule has 2 saturated heterocycles. The third kappa shape index (κ3) is 2.63. The molecular weight excluding hydrogens is 306 g/mol. The Morgan fingerprint density at radius 3 is 2.71 bits per heavy atom. The zero-order chi connectivity index (χ0) is 16.6. The molecule has 1 spiro atoms. The first kappa shape index (κ1) is 15.1. The maximum absolute atomic E-state index is 12.8. The molecular formula is C18H19N3O3. The van der Waals surface area contributed by atoms with Gasteiger partial charge in [-0.1, -0.05) is 18.2 Å². The molecule has 1 amide bonds. The molecule has 4 rings (SSSR count). The molecule has 2 aromatic rings. The summed E-state index contributed by atoms with van der Waals surface area (Å²) in [5.41, 5.74) is 0.817. The average Bonchev–Trinajstić information content (AvgIpc) is 3.26. The van der Waals surface area contributed by atoms with Crippen molar-refractivity contribution in [2.75, 3.05) is 26.3 Å². The van der Waals surface area contributed by atoms with E-state index in [0.717, 1.165) is 26.1 Å². The van der Waals surface area contributed by atoms with Crippen LogP contribution in [-0.4, -0.2) is 46.9 Å². The van der Waals surface area contributed by atoms with Crippen LogP contribution in [0.5, 0.6) is 0 Å². The number of nitrogens with zero attached hydrogens (tertiary/aromatic N) is 3. The molecule has 2 aliphatic heterocycles. The van der Waals surface area contributed by atoms with Crippen molar-refractivity contribution in [1.82, 2.24) is 14.7 Å². The van der Waals surface area contributed by atoms with E-state index in [-0.39, 0.29) is 16.9 Å². The van der Waals surface area contributed by atoms with Gasteiger partial charge >= 0.3 is 0 Å². The van der Waals surface area contributed by atoms with Crippen LogP contribution in [-0.2, 0) is 4.74 Å². The highest BCUT2D eigenvalue weighted by Gasteiger charge is 2.43. The highest BCUT2D eigenvalue weighted by molar-refractivity contribution is 5.92. The van der Waals surface area contributed by atoms with Crippen molar-refractivity contribution >= 4 is 5.91 Å². The molecule has 0 N–H and O–H groups in total. The van der Waals surface area contributed by atoms with Gasteiger partial charge in [-0.3, -0.25) is 9.59 Å². The van der Waals surface area contributed by atoms with Crippen LogP contribution in [0.1, 0.15) is 23.3 Å². The van der Waals surface area contributed by atoms with E-state index in [9.17, 15) is 9.59 Å². The lowest BCUT2D eigenvalue weighted by molar-refractivity contribution is 0.0758. The molecule has 2 fully saturated rings. The molecule has 1 aromatic carbocycles. The summed E-state index contributed by atoms with van der Waals surface area (Å²) in [7, 11) is 0. The van der Waals surface area contributed by atoms with Crippen molar-refractivity contribution in [2.45, 2.75) is 12.8 Å². The summed E-state index contributed by atoms with van der Waals surface area (Å²) in [6, 6.07) is 12.0. The van der Waals surface area contributed by atoms with E-state index in [0.29, 0.717) is 24.5 Å². The fraction of sp³-hybridized carbons (Fsp3) is 0.389. The molecule has 0 aliphatic carbocycles. The van der Waals surface area contributed by atoms with Crippen molar-refractivity contribution in [1.29, 1.82) is 0 Å². The number of aromatic nitrogens is 2. The number of para-hydroxylation sites is 1. The Morgan fingerprint density at radius 1 is 1.12 bits per heavy atom. The van der Waals surface area contributed by atoms with E-state index < -0.39 is 0 Å². The molecule has 124 valence electrons. The van der Waals surface area contributed by atoms with Crippen molar-refractivity contribution in [3.05, 3.63) is 58.5 Å². The van der Waals surface area contributed by atoms with E-state index in [1.807, 2.05) is 23.1 Å². The van der Waals surface area contributed by atoms with Gasteiger partial charge in [0.15, 0.2) is 0 Å². The standard InChI is InChI=1S/C18H19N3O3/c22-16-7-6-15(19-21(16)14-4-2-1-3-5-14)17(23)20-10-8-18(12-20)9-11-24-13-18/h1-7H,8-13H2/t18-/m1/s1. The van der Waals surface area contributed by atoms with Crippen LogP contribution in [0, 0.1) is 5.41 Å². The molecule has 6 nitrogen and oxygen atoms in total. The molecule has 3 heterocycles. The number of hydrogen-bond donors (Lipinski definition) is 0. The van der Waals surface area contributed by atoms with E-state index in [4.69, 9.17) is 4.74 Å². The van der Waals surface area contributed by atoms with Gasteiger partial charge in [0, 0.05) is 31.2 Å². The molecule has 0 bridgehead atoms. The summed E-state index contributed by atoms with van der Waals surface area (Å²) in [5, 5.41) is 4.28. The number of rotatable bonds is 2. The molecule has 24 heavy (non-hydrogen) atoms. The average molecular weight is 325 g/mol. The van der Waals surface area contributed by atoms with Crippen LogP contribution in [0.4, 0.5) is 0 Å². The Hall–Kier alpha value is -2.47. The van der Waals surface area contributed by atoms with Crippen LogP contribution in [0.2, 0.25) is 0 Å². The monoisotopic (exact) mass is 325 g/mol. The number of ether oxygens (including phenoxy) is 1. The molecule has 0 unspecified atom stereocenters. The number of hydrogen-bond acceptors (Lipinski definition) is 4. The van der Waals surface area contributed by atoms with Crippen molar-refractivity contribution < 1.29 is 9.53 Å². The summed E-state index contributed by atoms with van der Waals surface area (Å²) in [5.74, 6) is -0.122. The lowest BCUT2D eigenvalue weighted by Crippen LogP contribution is -2.34. The quantitative estimate of drug-likeness (QED) is 0.839. The van der Waals surface area contributed by atoms with Gasteiger partial charge in [-0.2, -0.15) is 9.78 Å². The smallest absolute Gasteiger partial charge is 0.274 e. The van der Waals surface area contributed by atoms with Gasteiger partial charge in [0.05, 0.1) is 12.3 Å².